The Bertz CT molecular complexity index is 1250. The molecule has 1 aromatic carbocycles. The normalized spacial score (nSPS) is 17.6. The second-order valence-corrected chi connectivity index (χ2v) is 8.76. The standard InChI is InChI=1S/C24H24F3N5O2/c1-32(2)17(11-15-4-5-19-16(10-15)12-21(34)31-19)14-30-20(33)13-18(22-28-8-3-9-29-22)23(6-7-23)24(25,26)27/h3-5,8-10,12-13,17H,6-7,11,14H2,1-2H3,(H,30,33)/t17-/m0/s1. The Morgan fingerprint density at radius 2 is 1.94 bits per heavy atom. The van der Waals surface area contributed by atoms with E-state index in [0.29, 0.717) is 11.8 Å². The summed E-state index contributed by atoms with van der Waals surface area (Å²) in [5, 5.41) is 4.11. The largest absolute Gasteiger partial charge is 0.398 e. The molecule has 1 fully saturated rings. The van der Waals surface area contributed by atoms with Crippen LogP contribution in [-0.4, -0.2) is 59.5 Å². The van der Waals surface area contributed by atoms with Crippen molar-refractivity contribution in [2.45, 2.75) is 31.5 Å². The number of carbonyl (C=O) groups excluding carboxylic acids is 2. The lowest BCUT2D eigenvalue weighted by molar-refractivity contribution is -0.168. The molecule has 2 heterocycles. The van der Waals surface area contributed by atoms with Gasteiger partial charge in [0.05, 0.1) is 10.8 Å². The number of benzene rings is 1. The van der Waals surface area contributed by atoms with Crippen LogP contribution in [0.1, 0.15) is 24.2 Å². The molecule has 0 saturated heterocycles. The molecule has 2 amide bonds. The van der Waals surface area contributed by atoms with Crippen LogP contribution in [0.3, 0.4) is 0 Å². The Labute approximate surface area is 194 Å². The summed E-state index contributed by atoms with van der Waals surface area (Å²) in [6, 6.07) is 6.92. The molecule has 0 radical (unpaired) electrons. The third-order valence-electron chi connectivity index (χ3n) is 6.21. The summed E-state index contributed by atoms with van der Waals surface area (Å²) in [4.78, 5) is 38.0. The van der Waals surface area contributed by atoms with Crippen LogP contribution < -0.4 is 15.9 Å². The summed E-state index contributed by atoms with van der Waals surface area (Å²) in [6.07, 6.45) is 1.04. The van der Waals surface area contributed by atoms with Crippen molar-refractivity contribution in [1.29, 1.82) is 0 Å². The average Bonchev–Trinajstić information content (AvgIpc) is 3.51. The molecule has 34 heavy (non-hydrogen) atoms. The van der Waals surface area contributed by atoms with Crippen LogP contribution in [0.5, 0.6) is 0 Å². The number of alkyl halides is 3. The van der Waals surface area contributed by atoms with E-state index in [2.05, 4.69) is 20.3 Å². The van der Waals surface area contributed by atoms with Crippen LogP contribution >= 0.6 is 0 Å². The molecule has 4 rings (SSSR count). The number of hydrogen-bond donors (Lipinski definition) is 1. The Hall–Kier alpha value is -3.40. The summed E-state index contributed by atoms with van der Waals surface area (Å²) < 4.78 is 41.4. The highest BCUT2D eigenvalue weighted by Crippen LogP contribution is 2.64. The smallest absolute Gasteiger partial charge is 0.351 e. The minimum atomic E-state index is -4.50. The lowest BCUT2D eigenvalue weighted by Crippen LogP contribution is -2.41. The van der Waals surface area contributed by atoms with Gasteiger partial charge in [-0.2, -0.15) is 13.2 Å². The zero-order chi connectivity index (χ0) is 24.5. The fraction of sp³-hybridized carbons (Fsp3) is 0.375. The number of carbonyl (C=O) groups is 2. The molecular weight excluding hydrogens is 447 g/mol. The number of aromatic nitrogens is 2. The van der Waals surface area contributed by atoms with E-state index in [1.807, 2.05) is 31.1 Å². The van der Waals surface area contributed by atoms with Gasteiger partial charge in [0.25, 0.3) is 5.91 Å². The number of nitrogens with one attached hydrogen (secondary N) is 1. The molecule has 1 atom stereocenters. The molecule has 2 aliphatic rings. The summed E-state index contributed by atoms with van der Waals surface area (Å²) in [5.41, 5.74) is -1.34. The zero-order valence-corrected chi connectivity index (χ0v) is 18.8. The minimum Gasteiger partial charge on any atom is -0.351 e. The highest BCUT2D eigenvalue weighted by Gasteiger charge is 2.66. The van der Waals surface area contributed by atoms with Gasteiger partial charge < -0.3 is 10.2 Å². The number of likely N-dealkylation sites (N-methyl/N-ethyl adjacent to an activating group) is 1. The van der Waals surface area contributed by atoms with Crippen LogP contribution in [0.25, 0.3) is 11.6 Å². The summed E-state index contributed by atoms with van der Waals surface area (Å²) in [7, 11) is 3.72. The monoisotopic (exact) mass is 471 g/mol. The van der Waals surface area contributed by atoms with Crippen LogP contribution in [0.4, 0.5) is 13.2 Å². The van der Waals surface area contributed by atoms with Crippen molar-refractivity contribution in [3.8, 4) is 0 Å². The third-order valence-corrected chi connectivity index (χ3v) is 6.21. The summed E-state index contributed by atoms with van der Waals surface area (Å²) in [6.45, 7) is 0.217. The SMILES string of the molecule is CN(C)[C@H](CNC(=O)C=C(c1ncccn1)C1(C(F)(F)F)CC1)Cc1ccc2c(c1)=CC(=O)N=2. The zero-order valence-electron chi connectivity index (χ0n) is 18.8. The van der Waals surface area contributed by atoms with Gasteiger partial charge >= 0.3 is 6.18 Å². The molecule has 1 aromatic heterocycles. The van der Waals surface area contributed by atoms with Gasteiger partial charge in [0.15, 0.2) is 5.82 Å². The van der Waals surface area contributed by atoms with E-state index in [1.165, 1.54) is 24.5 Å². The molecule has 1 N–H and O–H groups in total. The van der Waals surface area contributed by atoms with Gasteiger partial charge in [-0.3, -0.25) is 9.59 Å². The lowest BCUT2D eigenvalue weighted by Gasteiger charge is -2.25. The van der Waals surface area contributed by atoms with Crippen molar-refractivity contribution in [1.82, 2.24) is 20.2 Å². The van der Waals surface area contributed by atoms with Crippen LogP contribution in [0.15, 0.2) is 47.7 Å². The van der Waals surface area contributed by atoms with Crippen LogP contribution in [0.2, 0.25) is 0 Å². The van der Waals surface area contributed by atoms with Gasteiger partial charge in [-0.25, -0.2) is 15.0 Å². The van der Waals surface area contributed by atoms with E-state index < -0.39 is 17.5 Å². The Balaban J connectivity index is 1.50. The Kier molecular flexibility index (Phi) is 6.35. The maximum absolute atomic E-state index is 13.8. The van der Waals surface area contributed by atoms with Crippen molar-refractivity contribution >= 4 is 23.5 Å². The molecule has 0 bridgehead atoms. The van der Waals surface area contributed by atoms with Gasteiger partial charge in [-0.15, -0.1) is 0 Å². The highest BCUT2D eigenvalue weighted by atomic mass is 19.4. The average molecular weight is 471 g/mol. The van der Waals surface area contributed by atoms with E-state index >= 15 is 0 Å². The number of hydrogen-bond acceptors (Lipinski definition) is 5. The topological polar surface area (TPSA) is 87.5 Å². The molecule has 0 spiro atoms. The fourth-order valence-corrected chi connectivity index (χ4v) is 4.03. The number of allylic oxidation sites excluding steroid dienone is 1. The lowest BCUT2D eigenvalue weighted by atomic mass is 9.93. The van der Waals surface area contributed by atoms with Crippen molar-refractivity contribution in [2.75, 3.05) is 20.6 Å². The van der Waals surface area contributed by atoms with E-state index in [-0.39, 0.29) is 42.7 Å². The Morgan fingerprint density at radius 1 is 1.24 bits per heavy atom. The predicted octanol–water partition coefficient (Wildman–Crippen LogP) is 1.43. The van der Waals surface area contributed by atoms with E-state index in [1.54, 1.807) is 6.07 Å². The first-order valence-corrected chi connectivity index (χ1v) is 10.8. The van der Waals surface area contributed by atoms with E-state index in [4.69, 9.17) is 0 Å². The van der Waals surface area contributed by atoms with Crippen molar-refractivity contribution in [3.05, 3.63) is 64.7 Å². The maximum Gasteiger partial charge on any atom is 0.398 e. The van der Waals surface area contributed by atoms with Gasteiger partial charge in [-0.05, 0) is 57.1 Å². The van der Waals surface area contributed by atoms with Crippen molar-refractivity contribution in [2.24, 2.45) is 10.4 Å². The maximum atomic E-state index is 13.8. The van der Waals surface area contributed by atoms with Gasteiger partial charge in [0, 0.05) is 47.9 Å². The van der Waals surface area contributed by atoms with Crippen LogP contribution in [0, 0.1) is 5.41 Å². The third kappa shape index (κ3) is 4.91. The van der Waals surface area contributed by atoms with Gasteiger partial charge in [-0.1, -0.05) is 6.07 Å². The summed E-state index contributed by atoms with van der Waals surface area (Å²) in [5.74, 6) is -1.01. The van der Waals surface area contributed by atoms with Gasteiger partial charge in [0.2, 0.25) is 5.91 Å². The second-order valence-electron chi connectivity index (χ2n) is 8.76. The molecule has 2 aromatic rings. The first-order chi connectivity index (χ1) is 16.1. The van der Waals surface area contributed by atoms with Gasteiger partial charge in [0.1, 0.15) is 0 Å². The molecule has 1 aliphatic heterocycles. The number of nitrogens with zero attached hydrogens (tertiary/aromatic N) is 4. The molecule has 1 saturated carbocycles. The minimum absolute atomic E-state index is 0.0917. The van der Waals surface area contributed by atoms with Crippen LogP contribution in [-0.2, 0) is 16.0 Å². The number of halogens is 3. The molecule has 10 heteroatoms. The first-order valence-electron chi connectivity index (χ1n) is 10.8. The number of rotatable bonds is 8. The number of amides is 2. The molecule has 7 nitrogen and oxygen atoms in total. The molecule has 0 unspecified atom stereocenters. The summed E-state index contributed by atoms with van der Waals surface area (Å²) >= 11 is 0. The first kappa shape index (κ1) is 23.7. The van der Waals surface area contributed by atoms with Crippen molar-refractivity contribution < 1.29 is 22.8 Å². The molecule has 1 aliphatic carbocycles. The predicted molar refractivity (Wildman–Crippen MR) is 119 cm³/mol. The second kappa shape index (κ2) is 9.09. The Morgan fingerprint density at radius 3 is 2.56 bits per heavy atom. The van der Waals surface area contributed by atoms with E-state index in [0.717, 1.165) is 16.9 Å². The fourth-order valence-electron chi connectivity index (χ4n) is 4.03. The molecular formula is C24H24F3N5O2. The highest BCUT2D eigenvalue weighted by molar-refractivity contribution is 6.06. The molecule has 178 valence electrons. The van der Waals surface area contributed by atoms with E-state index in [9.17, 15) is 22.8 Å². The number of fused-ring (bicyclic) bond motifs is 1. The van der Waals surface area contributed by atoms with Crippen molar-refractivity contribution in [3.63, 3.8) is 0 Å². The quantitative estimate of drug-likeness (QED) is 0.589.